The first kappa shape index (κ1) is 22.7. The fourth-order valence-electron chi connectivity index (χ4n) is 4.58. The molecule has 2 fully saturated rings. The maximum absolute atomic E-state index is 11.8. The van der Waals surface area contributed by atoms with E-state index in [0.29, 0.717) is 28.2 Å². The molecule has 0 bridgehead atoms. The predicted molar refractivity (Wildman–Crippen MR) is 113 cm³/mol. The Labute approximate surface area is 177 Å². The number of rotatable bonds is 6. The Morgan fingerprint density at radius 2 is 1.97 bits per heavy atom. The molecule has 30 heavy (non-hydrogen) atoms. The van der Waals surface area contributed by atoms with Gasteiger partial charge >= 0.3 is 5.63 Å². The van der Waals surface area contributed by atoms with Crippen molar-refractivity contribution in [3.8, 4) is 5.75 Å². The van der Waals surface area contributed by atoms with Crippen molar-refractivity contribution in [1.82, 2.24) is 0 Å². The van der Waals surface area contributed by atoms with Crippen LogP contribution in [-0.4, -0.2) is 52.4 Å². The Morgan fingerprint density at radius 3 is 2.47 bits per heavy atom. The topological polar surface area (TPSA) is 102 Å². The van der Waals surface area contributed by atoms with E-state index in [1.165, 1.54) is 26.2 Å². The van der Waals surface area contributed by atoms with E-state index in [4.69, 9.17) is 18.6 Å². The lowest BCUT2D eigenvalue weighted by molar-refractivity contribution is -0.0735. The molecule has 0 aliphatic carbocycles. The molecule has 0 radical (unpaired) electrons. The van der Waals surface area contributed by atoms with Crippen LogP contribution in [0.1, 0.15) is 52.9 Å². The standard InChI is InChI=1S/C23H32O7/c1-12(18-14(3)16(27-8)9-17(24)28-18)10-21(5,26)19(25)13(2)11-22(6)20-23(7,30-20)15(4)29-22/h9-11,15,19-20,25-26H,1-8H3/b12-10+,13-11+. The molecule has 3 rings (SSSR count). The van der Waals surface area contributed by atoms with Crippen molar-refractivity contribution in [2.75, 3.05) is 7.11 Å². The van der Waals surface area contributed by atoms with Gasteiger partial charge < -0.3 is 28.8 Å². The number of aliphatic hydroxyl groups excluding tert-OH is 1. The number of fused-ring (bicyclic) bond motifs is 1. The highest BCUT2D eigenvalue weighted by Crippen LogP contribution is 2.55. The summed E-state index contributed by atoms with van der Waals surface area (Å²) < 4.78 is 22.4. The van der Waals surface area contributed by atoms with Gasteiger partial charge in [0.15, 0.2) is 0 Å². The van der Waals surface area contributed by atoms with Crippen molar-refractivity contribution >= 4 is 5.57 Å². The second-order valence-electron chi connectivity index (χ2n) is 9.06. The molecule has 2 aliphatic heterocycles. The highest BCUT2D eigenvalue weighted by Gasteiger charge is 2.71. The van der Waals surface area contributed by atoms with E-state index in [2.05, 4.69) is 0 Å². The summed E-state index contributed by atoms with van der Waals surface area (Å²) in [4.78, 5) is 11.8. The quantitative estimate of drug-likeness (QED) is 0.539. The molecule has 2 N–H and O–H groups in total. The number of epoxide rings is 1. The molecule has 6 unspecified atom stereocenters. The Bertz CT molecular complexity index is 957. The van der Waals surface area contributed by atoms with Gasteiger partial charge in [-0.2, -0.15) is 0 Å². The van der Waals surface area contributed by atoms with E-state index >= 15 is 0 Å². The molecule has 7 nitrogen and oxygen atoms in total. The van der Waals surface area contributed by atoms with Crippen LogP contribution in [-0.2, 0) is 9.47 Å². The van der Waals surface area contributed by atoms with Gasteiger partial charge in [-0.3, -0.25) is 0 Å². The van der Waals surface area contributed by atoms with Crippen LogP contribution in [0, 0.1) is 6.92 Å². The van der Waals surface area contributed by atoms with Gasteiger partial charge in [0.25, 0.3) is 0 Å². The van der Waals surface area contributed by atoms with E-state index in [-0.39, 0.29) is 17.8 Å². The van der Waals surface area contributed by atoms with Crippen LogP contribution >= 0.6 is 0 Å². The zero-order valence-electron chi connectivity index (χ0n) is 18.9. The first-order chi connectivity index (χ1) is 13.7. The van der Waals surface area contributed by atoms with E-state index in [9.17, 15) is 15.0 Å². The van der Waals surface area contributed by atoms with Crippen molar-refractivity contribution in [1.29, 1.82) is 0 Å². The fourth-order valence-corrected chi connectivity index (χ4v) is 4.58. The molecule has 0 saturated carbocycles. The normalized spacial score (nSPS) is 34.3. The molecular weight excluding hydrogens is 388 g/mol. The third kappa shape index (κ3) is 3.75. The van der Waals surface area contributed by atoms with Crippen LogP contribution in [0.25, 0.3) is 5.57 Å². The van der Waals surface area contributed by atoms with Gasteiger partial charge in [0, 0.05) is 5.56 Å². The van der Waals surface area contributed by atoms with Crippen LogP contribution in [0.15, 0.2) is 33.0 Å². The third-order valence-electron chi connectivity index (χ3n) is 6.34. The van der Waals surface area contributed by atoms with Crippen LogP contribution in [0.4, 0.5) is 0 Å². The first-order valence-electron chi connectivity index (χ1n) is 10.1. The predicted octanol–water partition coefficient (Wildman–Crippen LogP) is 2.75. The highest BCUT2D eigenvalue weighted by atomic mass is 16.7. The summed E-state index contributed by atoms with van der Waals surface area (Å²) in [7, 11) is 1.47. The van der Waals surface area contributed by atoms with E-state index in [0.717, 1.165) is 0 Å². The zero-order valence-corrected chi connectivity index (χ0v) is 18.9. The summed E-state index contributed by atoms with van der Waals surface area (Å²) in [5, 5.41) is 21.9. The van der Waals surface area contributed by atoms with Gasteiger partial charge in [-0.1, -0.05) is 0 Å². The van der Waals surface area contributed by atoms with E-state index < -0.39 is 22.9 Å². The molecule has 2 aliphatic rings. The van der Waals surface area contributed by atoms with Crippen LogP contribution < -0.4 is 10.4 Å². The zero-order chi connectivity index (χ0) is 22.6. The Morgan fingerprint density at radius 1 is 1.33 bits per heavy atom. The van der Waals surface area contributed by atoms with Crippen molar-refractivity contribution in [2.24, 2.45) is 0 Å². The minimum absolute atomic E-state index is 0.0599. The largest absolute Gasteiger partial charge is 0.496 e. The summed E-state index contributed by atoms with van der Waals surface area (Å²) in [5.74, 6) is 0.702. The lowest BCUT2D eigenvalue weighted by atomic mass is 9.87. The first-order valence-corrected chi connectivity index (χ1v) is 10.1. The average Bonchev–Trinajstić information content (AvgIpc) is 3.31. The number of ether oxygens (including phenoxy) is 3. The maximum atomic E-state index is 11.8. The highest BCUT2D eigenvalue weighted by molar-refractivity contribution is 5.65. The molecule has 3 heterocycles. The molecular formula is C23H32O7. The molecule has 1 aromatic heterocycles. The van der Waals surface area contributed by atoms with Crippen LogP contribution in [0.5, 0.6) is 5.75 Å². The molecule has 1 aromatic rings. The van der Waals surface area contributed by atoms with E-state index in [1.807, 2.05) is 26.8 Å². The van der Waals surface area contributed by atoms with Gasteiger partial charge in [0.05, 0.1) is 19.3 Å². The molecule has 166 valence electrons. The fraction of sp³-hybridized carbons (Fsp3) is 0.609. The minimum atomic E-state index is -1.62. The number of methoxy groups -OCH3 is 1. The van der Waals surface area contributed by atoms with Crippen molar-refractivity contribution in [3.63, 3.8) is 0 Å². The minimum Gasteiger partial charge on any atom is -0.496 e. The lowest BCUT2D eigenvalue weighted by Crippen LogP contribution is -2.40. The van der Waals surface area contributed by atoms with E-state index in [1.54, 1.807) is 20.8 Å². The Balaban J connectivity index is 1.88. The van der Waals surface area contributed by atoms with Gasteiger partial charge in [-0.05, 0) is 71.8 Å². The number of aliphatic hydroxyl groups is 2. The van der Waals surface area contributed by atoms with Crippen molar-refractivity contribution < 1.29 is 28.8 Å². The second-order valence-corrected chi connectivity index (χ2v) is 9.06. The lowest BCUT2D eigenvalue weighted by Gasteiger charge is -2.30. The molecule has 7 heteroatoms. The Kier molecular flexibility index (Phi) is 5.56. The molecule has 0 amide bonds. The molecule has 0 aromatic carbocycles. The Hall–Kier alpha value is -1.93. The van der Waals surface area contributed by atoms with Crippen LogP contribution in [0.2, 0.25) is 0 Å². The monoisotopic (exact) mass is 420 g/mol. The smallest absolute Gasteiger partial charge is 0.339 e. The van der Waals surface area contributed by atoms with Crippen molar-refractivity contribution in [3.05, 3.63) is 45.5 Å². The average molecular weight is 421 g/mol. The molecule has 6 atom stereocenters. The summed E-state index contributed by atoms with van der Waals surface area (Å²) in [5.41, 5.74) is -1.45. The van der Waals surface area contributed by atoms with Crippen LogP contribution in [0.3, 0.4) is 0 Å². The van der Waals surface area contributed by atoms with Gasteiger partial charge in [-0.15, -0.1) is 0 Å². The van der Waals surface area contributed by atoms with Crippen molar-refractivity contribution in [2.45, 2.75) is 83.6 Å². The molecule has 0 spiro atoms. The van der Waals surface area contributed by atoms with Gasteiger partial charge in [0.2, 0.25) is 0 Å². The number of hydrogen-bond donors (Lipinski definition) is 2. The van der Waals surface area contributed by atoms with Gasteiger partial charge in [-0.25, -0.2) is 4.79 Å². The molecule has 2 saturated heterocycles. The number of hydrogen-bond acceptors (Lipinski definition) is 7. The summed E-state index contributed by atoms with van der Waals surface area (Å²) in [6, 6.07) is 1.27. The summed E-state index contributed by atoms with van der Waals surface area (Å²) in [6.45, 7) is 12.6. The third-order valence-corrected chi connectivity index (χ3v) is 6.34. The summed E-state index contributed by atoms with van der Waals surface area (Å²) in [6.07, 6.45) is 1.96. The summed E-state index contributed by atoms with van der Waals surface area (Å²) >= 11 is 0. The maximum Gasteiger partial charge on any atom is 0.339 e. The second kappa shape index (κ2) is 7.34. The van der Waals surface area contributed by atoms with Gasteiger partial charge in [0.1, 0.15) is 40.5 Å². The number of allylic oxidation sites excluding steroid dienone is 1. The SMILES string of the molecule is COc1cc(=O)oc(/C(C)=C/C(C)(O)C(O)/C(C)=C/C2(C)OC(C)C3(C)OC23)c1C.